The van der Waals surface area contributed by atoms with E-state index < -0.39 is 56.5 Å². The fraction of sp³-hybridized carbons (Fsp3) is 0.536. The molecular weight excluding hydrogens is 580 g/mol. The predicted molar refractivity (Wildman–Crippen MR) is 163 cm³/mol. The minimum absolute atomic E-state index is 0.0859. The van der Waals surface area contributed by atoms with Crippen LogP contribution in [0.25, 0.3) is 10.6 Å². The third kappa shape index (κ3) is 10.2. The lowest BCUT2D eigenvalue weighted by molar-refractivity contribution is -0.146. The molecule has 0 aliphatic carbocycles. The molecule has 2 rings (SSSR count). The summed E-state index contributed by atoms with van der Waals surface area (Å²) < 4.78 is 16.1. The van der Waals surface area contributed by atoms with Crippen molar-refractivity contribution < 1.29 is 38.2 Å². The Bertz CT molecular complexity index is 1250. The van der Waals surface area contributed by atoms with Gasteiger partial charge in [-0.05, 0) is 63.2 Å². The van der Waals surface area contributed by atoms with Gasteiger partial charge in [-0.2, -0.15) is 0 Å². The molecule has 1 heterocycles. The number of thiazole rings is 1. The van der Waals surface area contributed by atoms with E-state index >= 15 is 0 Å². The van der Waals surface area contributed by atoms with Crippen molar-refractivity contribution in [1.82, 2.24) is 15.6 Å². The van der Waals surface area contributed by atoms with Gasteiger partial charge in [-0.1, -0.05) is 20.8 Å². The third-order valence-corrected chi connectivity index (χ3v) is 11.9. The summed E-state index contributed by atoms with van der Waals surface area (Å²) in [5.74, 6) is -2.15. The second-order valence-corrected chi connectivity index (χ2v) is 17.8. The number of hydrogen-bond donors (Lipinski definition) is 4. The number of anilines is 1. The van der Waals surface area contributed by atoms with Gasteiger partial charge in [0.15, 0.2) is 14.4 Å². The second-order valence-electron chi connectivity index (χ2n) is 12.1. The first-order valence-electron chi connectivity index (χ1n) is 13.4. The molecule has 0 aliphatic rings. The number of hydrogen-bond acceptors (Lipinski definition) is 10. The number of nitrogens with zero attached hydrogens (tertiary/aromatic N) is 1. The van der Waals surface area contributed by atoms with Gasteiger partial charge in [0.2, 0.25) is 5.91 Å². The first kappa shape index (κ1) is 34.9. The van der Waals surface area contributed by atoms with Crippen molar-refractivity contribution >= 4 is 49.2 Å². The minimum atomic E-state index is -2.31. The molecule has 0 radical (unpaired) electrons. The normalized spacial score (nSPS) is 13.5. The van der Waals surface area contributed by atoms with Crippen molar-refractivity contribution in [2.24, 2.45) is 0 Å². The highest BCUT2D eigenvalue weighted by Crippen LogP contribution is 2.36. The van der Waals surface area contributed by atoms with Gasteiger partial charge >= 0.3 is 12.1 Å². The fourth-order valence-corrected chi connectivity index (χ4v) is 4.97. The maximum Gasteiger partial charge on any atom is 0.412 e. The molecule has 42 heavy (non-hydrogen) atoms. The van der Waals surface area contributed by atoms with Crippen LogP contribution < -0.4 is 16.0 Å². The van der Waals surface area contributed by atoms with Gasteiger partial charge in [-0.3, -0.25) is 14.9 Å². The molecule has 2 aromatic rings. The van der Waals surface area contributed by atoms with E-state index in [1.54, 1.807) is 50.4 Å². The summed E-state index contributed by atoms with van der Waals surface area (Å²) in [6.45, 7) is 14.7. The Labute approximate surface area is 251 Å². The highest BCUT2D eigenvalue weighted by molar-refractivity contribution is 7.13. The van der Waals surface area contributed by atoms with Crippen molar-refractivity contribution in [2.75, 3.05) is 25.6 Å². The summed E-state index contributed by atoms with van der Waals surface area (Å²) >= 11 is 1.23. The molecule has 1 aromatic carbocycles. The molecule has 0 fully saturated rings. The lowest BCUT2D eigenvalue weighted by Gasteiger charge is -2.37. The Morgan fingerprint density at radius 3 is 2.14 bits per heavy atom. The third-order valence-electron chi connectivity index (χ3n) is 6.54. The first-order chi connectivity index (χ1) is 19.4. The minimum Gasteiger partial charge on any atom is -0.467 e. The van der Waals surface area contributed by atoms with E-state index in [1.165, 1.54) is 11.3 Å². The average molecular weight is 623 g/mol. The van der Waals surface area contributed by atoms with Crippen LogP contribution in [0.2, 0.25) is 18.1 Å². The molecule has 0 unspecified atom stereocenters. The van der Waals surface area contributed by atoms with Crippen LogP contribution >= 0.6 is 11.3 Å². The van der Waals surface area contributed by atoms with Gasteiger partial charge in [-0.25, -0.2) is 14.6 Å². The van der Waals surface area contributed by atoms with Crippen LogP contribution in [0, 0.1) is 0 Å². The number of carbonyl (C=O) groups is 4. The van der Waals surface area contributed by atoms with E-state index in [4.69, 9.17) is 9.16 Å². The van der Waals surface area contributed by atoms with E-state index in [0.717, 1.165) is 7.11 Å². The standard InChI is InChI=1S/C28H42N4O8SSi/c1-27(2,3)40-26(37)29-18-12-10-17(11-13-18)24-32-21(16-41-24)23(35)31-20(15-39-42(8,9)28(4,5)6)22(34)30-19(14-33)25(36)38-7/h10-13,16,19-20,33H,14-15H2,1-9H3,(H,29,37)(H,30,34)(H,31,35)/t19-,20-/m0/s1. The zero-order chi connectivity index (χ0) is 31.9. The van der Waals surface area contributed by atoms with Crippen LogP contribution in [-0.2, 0) is 23.5 Å². The molecule has 0 saturated carbocycles. The number of aromatic nitrogens is 1. The number of ether oxygens (including phenoxy) is 2. The van der Waals surface area contributed by atoms with Gasteiger partial charge in [-0.15, -0.1) is 11.3 Å². The van der Waals surface area contributed by atoms with Crippen molar-refractivity contribution in [3.8, 4) is 10.6 Å². The maximum atomic E-state index is 13.2. The number of esters is 1. The molecule has 0 aliphatic heterocycles. The fourth-order valence-electron chi connectivity index (χ4n) is 3.15. The predicted octanol–water partition coefficient (Wildman–Crippen LogP) is 3.93. The van der Waals surface area contributed by atoms with Crippen molar-refractivity contribution in [3.05, 3.63) is 35.3 Å². The van der Waals surface area contributed by atoms with Crippen molar-refractivity contribution in [3.63, 3.8) is 0 Å². The highest BCUT2D eigenvalue weighted by atomic mass is 32.1. The van der Waals surface area contributed by atoms with E-state index in [0.29, 0.717) is 16.3 Å². The Morgan fingerprint density at radius 1 is 1.00 bits per heavy atom. The van der Waals surface area contributed by atoms with Crippen molar-refractivity contribution in [1.29, 1.82) is 0 Å². The molecule has 0 bridgehead atoms. The Kier molecular flexibility index (Phi) is 11.8. The molecule has 14 heteroatoms. The molecule has 0 spiro atoms. The van der Waals surface area contributed by atoms with Crippen LogP contribution in [0.15, 0.2) is 29.6 Å². The first-order valence-corrected chi connectivity index (χ1v) is 17.2. The number of amides is 3. The number of nitrogens with one attached hydrogen (secondary N) is 3. The van der Waals surface area contributed by atoms with Crippen molar-refractivity contribution in [2.45, 2.75) is 77.4 Å². The highest BCUT2D eigenvalue weighted by Gasteiger charge is 2.39. The summed E-state index contributed by atoms with van der Waals surface area (Å²) in [5, 5.41) is 19.2. The SMILES string of the molecule is COC(=O)[C@H](CO)NC(=O)[C@H](CO[Si](C)(C)C(C)(C)C)NC(=O)c1csc(-c2ccc(NC(=O)OC(C)(C)C)cc2)n1. The molecular formula is C28H42N4O8SSi. The quantitative estimate of drug-likeness (QED) is 0.215. The molecule has 3 amide bonds. The van der Waals surface area contributed by atoms with Crippen LogP contribution in [0.4, 0.5) is 10.5 Å². The molecule has 2 atom stereocenters. The topological polar surface area (TPSA) is 165 Å². The summed E-state index contributed by atoms with van der Waals surface area (Å²) in [6.07, 6.45) is -0.573. The van der Waals surface area contributed by atoms with Gasteiger partial charge < -0.3 is 29.6 Å². The molecule has 0 saturated heterocycles. The Balaban J connectivity index is 2.18. The van der Waals surface area contributed by atoms with Crippen LogP contribution in [0.3, 0.4) is 0 Å². The zero-order valence-electron chi connectivity index (χ0n) is 25.6. The molecule has 232 valence electrons. The van der Waals surface area contributed by atoms with E-state index in [1.807, 2.05) is 33.9 Å². The van der Waals surface area contributed by atoms with E-state index in [-0.39, 0.29) is 17.3 Å². The summed E-state index contributed by atoms with van der Waals surface area (Å²) in [6, 6.07) is 4.41. The summed E-state index contributed by atoms with van der Waals surface area (Å²) in [4.78, 5) is 54.6. The Hall–Kier alpha value is -3.33. The number of aliphatic hydroxyl groups is 1. The largest absolute Gasteiger partial charge is 0.467 e. The maximum absolute atomic E-state index is 13.2. The Morgan fingerprint density at radius 2 is 1.62 bits per heavy atom. The number of rotatable bonds is 11. The lowest BCUT2D eigenvalue weighted by Crippen LogP contribution is -2.56. The van der Waals surface area contributed by atoms with Crippen LogP contribution in [0.5, 0.6) is 0 Å². The van der Waals surface area contributed by atoms with Gasteiger partial charge in [0, 0.05) is 16.6 Å². The van der Waals surface area contributed by atoms with Crippen LogP contribution in [0.1, 0.15) is 52.0 Å². The van der Waals surface area contributed by atoms with Gasteiger partial charge in [0.05, 0.1) is 20.3 Å². The second kappa shape index (κ2) is 14.2. The number of carbonyl (C=O) groups excluding carboxylic acids is 4. The average Bonchev–Trinajstić information content (AvgIpc) is 3.38. The number of aliphatic hydroxyl groups excluding tert-OH is 1. The summed E-state index contributed by atoms with van der Waals surface area (Å²) in [7, 11) is -1.17. The molecule has 1 aromatic heterocycles. The van der Waals surface area contributed by atoms with Gasteiger partial charge in [0.1, 0.15) is 22.3 Å². The molecule has 4 N–H and O–H groups in total. The van der Waals surface area contributed by atoms with E-state index in [2.05, 4.69) is 25.7 Å². The van der Waals surface area contributed by atoms with Crippen LogP contribution in [-0.4, -0.2) is 80.3 Å². The zero-order valence-corrected chi connectivity index (χ0v) is 27.4. The van der Waals surface area contributed by atoms with E-state index in [9.17, 15) is 24.3 Å². The smallest absolute Gasteiger partial charge is 0.412 e. The van der Waals surface area contributed by atoms with Gasteiger partial charge in [0.25, 0.3) is 5.91 Å². The molecule has 12 nitrogen and oxygen atoms in total. The monoisotopic (exact) mass is 622 g/mol. The summed E-state index contributed by atoms with van der Waals surface area (Å²) in [5.41, 5.74) is 0.711. The lowest BCUT2D eigenvalue weighted by atomic mass is 10.2. The number of benzene rings is 1. The number of methoxy groups -OCH3 is 1.